The van der Waals surface area contributed by atoms with Crippen molar-refractivity contribution in [3.05, 3.63) is 24.3 Å². The topological polar surface area (TPSA) is 78.7 Å². The molecule has 2 amide bonds. The molecule has 1 atom stereocenters. The van der Waals surface area contributed by atoms with Gasteiger partial charge in [0.25, 0.3) is 0 Å². The van der Waals surface area contributed by atoms with Gasteiger partial charge in [0.15, 0.2) is 0 Å². The van der Waals surface area contributed by atoms with Crippen LogP contribution >= 0.6 is 0 Å². The summed E-state index contributed by atoms with van der Waals surface area (Å²) in [6, 6.07) is 8.24. The fourth-order valence-corrected chi connectivity index (χ4v) is 3.30. The van der Waals surface area contributed by atoms with E-state index in [1.807, 2.05) is 24.1 Å². The zero-order chi connectivity index (χ0) is 16.4. The first kappa shape index (κ1) is 15.8. The number of hydrogen-bond donors (Lipinski definition) is 2. The Morgan fingerprint density at radius 3 is 2.65 bits per heavy atom. The van der Waals surface area contributed by atoms with E-state index in [0.717, 1.165) is 37.3 Å². The van der Waals surface area contributed by atoms with Crippen molar-refractivity contribution in [2.24, 2.45) is 5.73 Å². The number of nitrogens with zero attached hydrogens (tertiary/aromatic N) is 2. The molecule has 1 unspecified atom stereocenters. The summed E-state index contributed by atoms with van der Waals surface area (Å²) in [5.41, 5.74) is 8.12. The summed E-state index contributed by atoms with van der Waals surface area (Å²) in [5.74, 6) is -0.392. The van der Waals surface area contributed by atoms with E-state index in [-0.39, 0.29) is 17.9 Å². The minimum Gasteiger partial charge on any atom is -0.371 e. The molecule has 23 heavy (non-hydrogen) atoms. The highest BCUT2D eigenvalue weighted by molar-refractivity contribution is 6.01. The van der Waals surface area contributed by atoms with Crippen molar-refractivity contribution in [1.82, 2.24) is 5.32 Å². The first-order valence-electron chi connectivity index (χ1n) is 8.22. The summed E-state index contributed by atoms with van der Waals surface area (Å²) < 4.78 is 0. The highest BCUT2D eigenvalue weighted by atomic mass is 16.2. The smallest absolute Gasteiger partial charge is 0.249 e. The van der Waals surface area contributed by atoms with Crippen LogP contribution in [-0.4, -0.2) is 44.0 Å². The number of carbonyl (C=O) groups is 2. The molecular weight excluding hydrogens is 292 g/mol. The van der Waals surface area contributed by atoms with Crippen molar-refractivity contribution in [2.45, 2.75) is 37.8 Å². The standard InChI is InChI=1S/C17H24N4O2/c1-20(15-5-6-16(22)19-17(15)23)13-3-2-4-14(11-13)21-9-7-12(18)8-10-21/h2-4,11-12,15H,5-10,18H2,1H3,(H,19,22,23). The maximum atomic E-state index is 12.0. The van der Waals surface area contributed by atoms with Crippen molar-refractivity contribution in [1.29, 1.82) is 0 Å². The van der Waals surface area contributed by atoms with Crippen LogP contribution in [0.25, 0.3) is 0 Å². The average Bonchev–Trinajstić information content (AvgIpc) is 2.55. The van der Waals surface area contributed by atoms with Crippen LogP contribution in [0.3, 0.4) is 0 Å². The van der Waals surface area contributed by atoms with Crippen LogP contribution in [0.5, 0.6) is 0 Å². The average molecular weight is 316 g/mol. The zero-order valence-corrected chi connectivity index (χ0v) is 13.5. The van der Waals surface area contributed by atoms with Gasteiger partial charge in [0.05, 0.1) is 0 Å². The monoisotopic (exact) mass is 316 g/mol. The summed E-state index contributed by atoms with van der Waals surface area (Å²) in [5, 5.41) is 2.42. The van der Waals surface area contributed by atoms with Crippen molar-refractivity contribution in [3.63, 3.8) is 0 Å². The molecule has 0 aromatic heterocycles. The third kappa shape index (κ3) is 3.47. The molecular formula is C17H24N4O2. The molecule has 0 saturated carbocycles. The maximum Gasteiger partial charge on any atom is 0.249 e. The number of amides is 2. The highest BCUT2D eigenvalue weighted by Gasteiger charge is 2.30. The SMILES string of the molecule is CN(c1cccc(N2CCC(N)CC2)c1)C1CCC(=O)NC1=O. The van der Waals surface area contributed by atoms with E-state index in [9.17, 15) is 9.59 Å². The van der Waals surface area contributed by atoms with E-state index in [1.54, 1.807) is 0 Å². The molecule has 3 N–H and O–H groups in total. The first-order valence-corrected chi connectivity index (χ1v) is 8.22. The molecule has 6 nitrogen and oxygen atoms in total. The summed E-state index contributed by atoms with van der Waals surface area (Å²) in [6.07, 6.45) is 2.97. The normalized spacial score (nSPS) is 22.9. The lowest BCUT2D eigenvalue weighted by atomic mass is 10.0. The van der Waals surface area contributed by atoms with Gasteiger partial charge in [0, 0.05) is 44.0 Å². The van der Waals surface area contributed by atoms with Crippen molar-refractivity contribution in [2.75, 3.05) is 29.9 Å². The van der Waals surface area contributed by atoms with Crippen molar-refractivity contribution < 1.29 is 9.59 Å². The fraction of sp³-hybridized carbons (Fsp3) is 0.529. The highest BCUT2D eigenvalue weighted by Crippen LogP contribution is 2.26. The number of benzene rings is 1. The largest absolute Gasteiger partial charge is 0.371 e. The number of nitrogens with one attached hydrogen (secondary N) is 1. The lowest BCUT2D eigenvalue weighted by Crippen LogP contribution is -2.51. The van der Waals surface area contributed by atoms with Gasteiger partial charge in [-0.25, -0.2) is 0 Å². The molecule has 1 aromatic rings. The molecule has 0 aliphatic carbocycles. The van der Waals surface area contributed by atoms with Crippen LogP contribution in [-0.2, 0) is 9.59 Å². The number of nitrogens with two attached hydrogens (primary N) is 1. The molecule has 2 aliphatic rings. The van der Waals surface area contributed by atoms with Gasteiger partial charge in [-0.1, -0.05) is 6.07 Å². The Hall–Kier alpha value is -2.08. The predicted molar refractivity (Wildman–Crippen MR) is 90.4 cm³/mol. The number of likely N-dealkylation sites (N-methyl/N-ethyl adjacent to an activating group) is 1. The summed E-state index contributed by atoms with van der Waals surface area (Å²) in [6.45, 7) is 1.93. The van der Waals surface area contributed by atoms with Gasteiger partial charge in [-0.15, -0.1) is 0 Å². The van der Waals surface area contributed by atoms with E-state index in [4.69, 9.17) is 5.73 Å². The fourth-order valence-electron chi connectivity index (χ4n) is 3.30. The number of rotatable bonds is 3. The molecule has 2 saturated heterocycles. The van der Waals surface area contributed by atoms with Crippen LogP contribution in [0.2, 0.25) is 0 Å². The number of imide groups is 1. The van der Waals surface area contributed by atoms with E-state index in [1.165, 1.54) is 0 Å². The van der Waals surface area contributed by atoms with Gasteiger partial charge in [-0.2, -0.15) is 0 Å². The second-order valence-corrected chi connectivity index (χ2v) is 6.42. The van der Waals surface area contributed by atoms with Gasteiger partial charge in [-0.05, 0) is 37.5 Å². The second-order valence-electron chi connectivity index (χ2n) is 6.42. The van der Waals surface area contributed by atoms with Crippen LogP contribution in [0.4, 0.5) is 11.4 Å². The molecule has 2 heterocycles. The van der Waals surface area contributed by atoms with Crippen molar-refractivity contribution >= 4 is 23.2 Å². The van der Waals surface area contributed by atoms with Crippen LogP contribution in [0, 0.1) is 0 Å². The van der Waals surface area contributed by atoms with E-state index >= 15 is 0 Å². The first-order chi connectivity index (χ1) is 11.0. The Balaban J connectivity index is 1.74. The van der Waals surface area contributed by atoms with Crippen molar-refractivity contribution in [3.8, 4) is 0 Å². The lowest BCUT2D eigenvalue weighted by Gasteiger charge is -2.34. The molecule has 3 rings (SSSR count). The van der Waals surface area contributed by atoms with Gasteiger partial charge in [-0.3, -0.25) is 14.9 Å². The van der Waals surface area contributed by atoms with Crippen LogP contribution < -0.4 is 20.9 Å². The van der Waals surface area contributed by atoms with Gasteiger partial charge < -0.3 is 15.5 Å². The third-order valence-electron chi connectivity index (χ3n) is 4.82. The molecule has 124 valence electrons. The minimum atomic E-state index is -0.294. The molecule has 0 bridgehead atoms. The Labute approximate surface area is 136 Å². The quantitative estimate of drug-likeness (QED) is 0.809. The van der Waals surface area contributed by atoms with Crippen LogP contribution in [0.15, 0.2) is 24.3 Å². The molecule has 1 aromatic carbocycles. The Kier molecular flexibility index (Phi) is 4.52. The lowest BCUT2D eigenvalue weighted by molar-refractivity contribution is -0.134. The minimum absolute atomic E-state index is 0.182. The zero-order valence-electron chi connectivity index (χ0n) is 13.5. The summed E-state index contributed by atoms with van der Waals surface area (Å²) in [7, 11) is 1.91. The third-order valence-corrected chi connectivity index (χ3v) is 4.82. The number of hydrogen-bond acceptors (Lipinski definition) is 5. The van der Waals surface area contributed by atoms with Gasteiger partial charge >= 0.3 is 0 Å². The summed E-state index contributed by atoms with van der Waals surface area (Å²) in [4.78, 5) is 27.6. The van der Waals surface area contributed by atoms with E-state index in [0.29, 0.717) is 18.9 Å². The molecule has 2 aliphatic heterocycles. The Morgan fingerprint density at radius 2 is 1.96 bits per heavy atom. The number of piperidine rings is 2. The number of anilines is 2. The molecule has 6 heteroatoms. The Bertz CT molecular complexity index is 596. The van der Waals surface area contributed by atoms with Crippen LogP contribution in [0.1, 0.15) is 25.7 Å². The maximum absolute atomic E-state index is 12.0. The summed E-state index contributed by atoms with van der Waals surface area (Å²) >= 11 is 0. The Morgan fingerprint density at radius 1 is 1.22 bits per heavy atom. The molecule has 2 fully saturated rings. The van der Waals surface area contributed by atoms with Gasteiger partial charge in [0.2, 0.25) is 11.8 Å². The molecule has 0 radical (unpaired) electrons. The van der Waals surface area contributed by atoms with Gasteiger partial charge in [0.1, 0.15) is 6.04 Å². The van der Waals surface area contributed by atoms with E-state index < -0.39 is 0 Å². The number of carbonyl (C=O) groups excluding carboxylic acids is 2. The van der Waals surface area contributed by atoms with E-state index in [2.05, 4.69) is 22.3 Å². The second kappa shape index (κ2) is 6.58. The predicted octanol–water partition coefficient (Wildman–Crippen LogP) is 0.856. The molecule has 0 spiro atoms.